The molecule has 0 heterocycles. The van der Waals surface area contributed by atoms with Gasteiger partial charge in [-0.15, -0.1) is 0 Å². The Labute approximate surface area is 139 Å². The van der Waals surface area contributed by atoms with Crippen LogP contribution in [0.3, 0.4) is 0 Å². The summed E-state index contributed by atoms with van der Waals surface area (Å²) in [6.07, 6.45) is 5.34. The Morgan fingerprint density at radius 2 is 1.86 bits per heavy atom. The molecule has 1 fully saturated rings. The molecule has 2 heteroatoms. The molecule has 1 aliphatic carbocycles. The summed E-state index contributed by atoms with van der Waals surface area (Å²) < 4.78 is 1.27. The lowest BCUT2D eigenvalue weighted by Crippen LogP contribution is -2.36. The second kappa shape index (κ2) is 7.28. The van der Waals surface area contributed by atoms with Crippen molar-refractivity contribution >= 4 is 15.9 Å². The summed E-state index contributed by atoms with van der Waals surface area (Å²) in [5, 5.41) is 3.41. The van der Waals surface area contributed by atoms with Gasteiger partial charge in [-0.3, -0.25) is 0 Å². The van der Waals surface area contributed by atoms with Crippen LogP contribution in [0.25, 0.3) is 0 Å². The van der Waals surface area contributed by atoms with Gasteiger partial charge in [0.05, 0.1) is 0 Å². The van der Waals surface area contributed by atoms with E-state index in [4.69, 9.17) is 0 Å². The van der Waals surface area contributed by atoms with Gasteiger partial charge in [-0.05, 0) is 74.1 Å². The topological polar surface area (TPSA) is 12.0 Å². The van der Waals surface area contributed by atoms with Crippen LogP contribution in [0.4, 0.5) is 0 Å². The Kier molecular flexibility index (Phi) is 5.90. The lowest BCUT2D eigenvalue weighted by atomic mass is 9.64. The molecule has 1 N–H and O–H groups in total. The lowest BCUT2D eigenvalue weighted by molar-refractivity contribution is 0.0979. The minimum absolute atomic E-state index is 0.441. The molecule has 1 saturated carbocycles. The van der Waals surface area contributed by atoms with Crippen LogP contribution in [0.5, 0.6) is 0 Å². The van der Waals surface area contributed by atoms with E-state index in [1.165, 1.54) is 35.7 Å². The van der Waals surface area contributed by atoms with Crippen molar-refractivity contribution in [3.05, 3.63) is 34.3 Å². The number of hydrogen-bond donors (Lipinski definition) is 1. The fraction of sp³-hybridized carbons (Fsp3) is 0.684. The maximum Gasteiger partial charge on any atom is 0.0207 e. The van der Waals surface area contributed by atoms with Gasteiger partial charge in [0.15, 0.2) is 0 Å². The van der Waals surface area contributed by atoms with Gasteiger partial charge in [0.2, 0.25) is 0 Å². The van der Waals surface area contributed by atoms with Crippen LogP contribution in [-0.4, -0.2) is 13.6 Å². The van der Waals surface area contributed by atoms with E-state index in [9.17, 15) is 0 Å². The molecule has 0 amide bonds. The number of nitrogens with one attached hydrogen (secondary N) is 1. The molecule has 3 atom stereocenters. The van der Waals surface area contributed by atoms with Crippen molar-refractivity contribution in [2.75, 3.05) is 13.6 Å². The molecule has 0 aliphatic heterocycles. The first-order valence-corrected chi connectivity index (χ1v) is 9.09. The predicted molar refractivity (Wildman–Crippen MR) is 95.5 cm³/mol. The van der Waals surface area contributed by atoms with Crippen LogP contribution in [0, 0.1) is 23.2 Å². The van der Waals surface area contributed by atoms with E-state index in [0.717, 1.165) is 24.3 Å². The highest BCUT2D eigenvalue weighted by Gasteiger charge is 2.35. The summed E-state index contributed by atoms with van der Waals surface area (Å²) in [6.45, 7) is 8.38. The Morgan fingerprint density at radius 1 is 1.14 bits per heavy atom. The third-order valence-corrected chi connectivity index (χ3v) is 6.04. The zero-order valence-corrected chi connectivity index (χ0v) is 15.5. The quantitative estimate of drug-likeness (QED) is 0.776. The smallest absolute Gasteiger partial charge is 0.0207 e. The van der Waals surface area contributed by atoms with Gasteiger partial charge < -0.3 is 5.32 Å². The van der Waals surface area contributed by atoms with Crippen molar-refractivity contribution in [1.82, 2.24) is 5.32 Å². The molecule has 0 bridgehead atoms. The molecular weight excluding hydrogens is 322 g/mol. The predicted octanol–water partition coefficient (Wildman–Crippen LogP) is 5.29. The normalized spacial score (nSPS) is 26.8. The molecule has 0 radical (unpaired) electrons. The standard InChI is InChI=1S/C19H30BrN/c1-19(2,3)17-10-9-15(13-21-4)16(12-17)11-14-7-5-6-8-18(14)20/h5-8,15-17,21H,9-13H2,1-4H3. The van der Waals surface area contributed by atoms with Gasteiger partial charge in [0.1, 0.15) is 0 Å². The van der Waals surface area contributed by atoms with E-state index in [-0.39, 0.29) is 0 Å². The van der Waals surface area contributed by atoms with Crippen LogP contribution >= 0.6 is 15.9 Å². The number of halogens is 1. The molecule has 0 spiro atoms. The Morgan fingerprint density at radius 3 is 2.48 bits per heavy atom. The van der Waals surface area contributed by atoms with Crippen LogP contribution in [0.2, 0.25) is 0 Å². The number of hydrogen-bond acceptors (Lipinski definition) is 1. The average molecular weight is 352 g/mol. The minimum atomic E-state index is 0.441. The van der Waals surface area contributed by atoms with E-state index in [1.54, 1.807) is 0 Å². The highest BCUT2D eigenvalue weighted by atomic mass is 79.9. The van der Waals surface area contributed by atoms with Gasteiger partial charge in [-0.2, -0.15) is 0 Å². The fourth-order valence-electron chi connectivity index (χ4n) is 3.84. The van der Waals surface area contributed by atoms with Gasteiger partial charge in [0.25, 0.3) is 0 Å². The van der Waals surface area contributed by atoms with Gasteiger partial charge in [-0.25, -0.2) is 0 Å². The first-order chi connectivity index (χ1) is 9.91. The summed E-state index contributed by atoms with van der Waals surface area (Å²) >= 11 is 3.72. The molecule has 1 aliphatic rings. The molecule has 0 aromatic heterocycles. The fourth-order valence-corrected chi connectivity index (χ4v) is 4.29. The van der Waals surface area contributed by atoms with E-state index in [2.05, 4.69) is 73.3 Å². The van der Waals surface area contributed by atoms with Gasteiger partial charge in [0, 0.05) is 4.47 Å². The second-order valence-corrected chi connectivity index (χ2v) is 8.60. The highest BCUT2D eigenvalue weighted by Crippen LogP contribution is 2.44. The van der Waals surface area contributed by atoms with E-state index in [0.29, 0.717) is 5.41 Å². The summed E-state index contributed by atoms with van der Waals surface area (Å²) in [7, 11) is 2.09. The molecule has 1 nitrogen and oxygen atoms in total. The first kappa shape index (κ1) is 17.0. The Balaban J connectivity index is 2.12. The minimum Gasteiger partial charge on any atom is -0.319 e. The SMILES string of the molecule is CNCC1CCC(C(C)(C)C)CC1Cc1ccccc1Br. The second-order valence-electron chi connectivity index (χ2n) is 7.75. The van der Waals surface area contributed by atoms with Crippen molar-refractivity contribution in [3.63, 3.8) is 0 Å². The number of benzene rings is 1. The summed E-state index contributed by atoms with van der Waals surface area (Å²) in [5.74, 6) is 2.48. The third kappa shape index (κ3) is 4.56. The van der Waals surface area contributed by atoms with E-state index in [1.807, 2.05) is 0 Å². The Bertz CT molecular complexity index is 449. The molecule has 118 valence electrons. The summed E-state index contributed by atoms with van der Waals surface area (Å²) in [4.78, 5) is 0. The van der Waals surface area contributed by atoms with Crippen LogP contribution < -0.4 is 5.32 Å². The van der Waals surface area contributed by atoms with E-state index < -0.39 is 0 Å². The van der Waals surface area contributed by atoms with Crippen LogP contribution in [-0.2, 0) is 6.42 Å². The largest absolute Gasteiger partial charge is 0.319 e. The molecule has 1 aromatic carbocycles. The van der Waals surface area contributed by atoms with Crippen molar-refractivity contribution in [1.29, 1.82) is 0 Å². The van der Waals surface area contributed by atoms with E-state index >= 15 is 0 Å². The molecular formula is C19H30BrN. The third-order valence-electron chi connectivity index (χ3n) is 5.27. The molecule has 2 rings (SSSR count). The maximum absolute atomic E-state index is 3.72. The number of rotatable bonds is 4. The summed E-state index contributed by atoms with van der Waals surface area (Å²) in [6, 6.07) is 8.72. The van der Waals surface area contributed by atoms with Crippen molar-refractivity contribution < 1.29 is 0 Å². The van der Waals surface area contributed by atoms with Crippen LogP contribution in [0.15, 0.2) is 28.7 Å². The first-order valence-electron chi connectivity index (χ1n) is 8.29. The van der Waals surface area contributed by atoms with Gasteiger partial charge in [-0.1, -0.05) is 54.9 Å². The average Bonchev–Trinajstić information content (AvgIpc) is 2.42. The highest BCUT2D eigenvalue weighted by molar-refractivity contribution is 9.10. The Hall–Kier alpha value is -0.340. The zero-order chi connectivity index (χ0) is 15.5. The lowest BCUT2D eigenvalue weighted by Gasteiger charge is -2.42. The molecule has 21 heavy (non-hydrogen) atoms. The van der Waals surface area contributed by atoms with Gasteiger partial charge >= 0.3 is 0 Å². The van der Waals surface area contributed by atoms with Crippen molar-refractivity contribution in [2.24, 2.45) is 23.2 Å². The zero-order valence-electron chi connectivity index (χ0n) is 14.0. The maximum atomic E-state index is 3.72. The monoisotopic (exact) mass is 351 g/mol. The van der Waals surface area contributed by atoms with Crippen molar-refractivity contribution in [2.45, 2.75) is 46.5 Å². The van der Waals surface area contributed by atoms with Crippen molar-refractivity contribution in [3.8, 4) is 0 Å². The van der Waals surface area contributed by atoms with Crippen LogP contribution in [0.1, 0.15) is 45.6 Å². The summed E-state index contributed by atoms with van der Waals surface area (Å²) in [5.41, 5.74) is 1.91. The molecule has 3 unspecified atom stereocenters. The molecule has 1 aromatic rings. The molecule has 0 saturated heterocycles.